The lowest BCUT2D eigenvalue weighted by Gasteiger charge is -2.25. The number of para-hydroxylation sites is 1. The molecule has 0 spiro atoms. The number of nitrogens with two attached hydrogens (primary N) is 3. The Labute approximate surface area is 257 Å². The van der Waals surface area contributed by atoms with Crippen molar-refractivity contribution >= 4 is 46.5 Å². The van der Waals surface area contributed by atoms with E-state index in [4.69, 9.17) is 17.2 Å². The van der Waals surface area contributed by atoms with E-state index in [0.29, 0.717) is 17.7 Å². The van der Waals surface area contributed by atoms with E-state index in [1.807, 2.05) is 18.2 Å². The number of aliphatic imine (C=N–C) groups is 1. The van der Waals surface area contributed by atoms with Gasteiger partial charge in [-0.3, -0.25) is 24.2 Å². The monoisotopic (exact) mass is 626 g/mol. The number of aliphatic carboxylic acids is 2. The summed E-state index contributed by atoms with van der Waals surface area (Å²) in [4.78, 5) is 76.7. The fourth-order valence-corrected chi connectivity index (χ4v) is 4.56. The van der Waals surface area contributed by atoms with Gasteiger partial charge in [0.1, 0.15) is 18.1 Å². The standard InChI is InChI=1S/C28H38N10O7/c29-18(5-3-9-33-28(30)31)24(41)37-21(11-16-13-32-14-35-16)26(43)36-20(7-8-23(39)40)25(42)38-22(27(44)45)10-15-12-34-19-6-2-1-4-17(15)19/h1-2,4,6,12-14,18,20-22,34H,3,5,7-11,29H2,(H,32,35)(H,36,43)(H,37,41)(H,38,42)(H,39,40)(H,44,45)(H4,30,31,33). The quantitative estimate of drug-likeness (QED) is 0.0438. The Morgan fingerprint density at radius 3 is 2.24 bits per heavy atom. The molecule has 45 heavy (non-hydrogen) atoms. The first kappa shape index (κ1) is 34.0. The molecule has 0 fully saturated rings. The van der Waals surface area contributed by atoms with Gasteiger partial charge < -0.3 is 53.3 Å². The maximum absolute atomic E-state index is 13.5. The van der Waals surface area contributed by atoms with Crippen molar-refractivity contribution in [3.63, 3.8) is 0 Å². The molecule has 17 nitrogen and oxygen atoms in total. The fraction of sp³-hybridized carbons (Fsp3) is 0.393. The molecule has 0 radical (unpaired) electrons. The minimum absolute atomic E-state index is 0.0656. The predicted octanol–water partition coefficient (Wildman–Crippen LogP) is -1.54. The number of carbonyl (C=O) groups excluding carboxylic acids is 3. The number of aromatic amines is 2. The van der Waals surface area contributed by atoms with E-state index in [1.165, 1.54) is 12.5 Å². The molecule has 13 N–H and O–H groups in total. The molecule has 3 rings (SSSR count). The Hall–Kier alpha value is -5.45. The number of rotatable bonds is 18. The topological polar surface area (TPSA) is 297 Å². The van der Waals surface area contributed by atoms with Crippen LogP contribution >= 0.6 is 0 Å². The van der Waals surface area contributed by atoms with Gasteiger partial charge in [0, 0.05) is 54.8 Å². The number of guanidine groups is 1. The van der Waals surface area contributed by atoms with Crippen molar-refractivity contribution in [1.29, 1.82) is 0 Å². The molecule has 2 heterocycles. The van der Waals surface area contributed by atoms with Gasteiger partial charge in [0.2, 0.25) is 17.7 Å². The van der Waals surface area contributed by atoms with Crippen LogP contribution in [0, 0.1) is 0 Å². The summed E-state index contributed by atoms with van der Waals surface area (Å²) in [5.41, 5.74) is 18.5. The molecule has 17 heteroatoms. The molecule has 0 aliphatic heterocycles. The van der Waals surface area contributed by atoms with E-state index in [1.54, 1.807) is 12.3 Å². The minimum atomic E-state index is -1.44. The SMILES string of the molecule is NC(N)=NCCCC(N)C(=O)NC(Cc1cnc[nH]1)C(=O)NC(CCC(=O)O)C(=O)NC(Cc1c[nH]c2ccccc12)C(=O)O. The summed E-state index contributed by atoms with van der Waals surface area (Å²) in [6, 6.07) is 2.16. The third-order valence-electron chi connectivity index (χ3n) is 6.91. The first-order chi connectivity index (χ1) is 21.4. The minimum Gasteiger partial charge on any atom is -0.481 e. The van der Waals surface area contributed by atoms with E-state index in [2.05, 4.69) is 35.9 Å². The van der Waals surface area contributed by atoms with E-state index in [-0.39, 0.29) is 38.2 Å². The maximum atomic E-state index is 13.5. The van der Waals surface area contributed by atoms with Crippen molar-refractivity contribution in [2.45, 2.75) is 62.7 Å². The lowest BCUT2D eigenvalue weighted by molar-refractivity contribution is -0.143. The summed E-state index contributed by atoms with van der Waals surface area (Å²) < 4.78 is 0. The van der Waals surface area contributed by atoms with Crippen LogP contribution in [0.25, 0.3) is 10.9 Å². The van der Waals surface area contributed by atoms with Crippen LogP contribution in [0.2, 0.25) is 0 Å². The molecule has 3 aromatic rings. The maximum Gasteiger partial charge on any atom is 0.326 e. The Kier molecular flexibility index (Phi) is 12.4. The number of carboxylic acid groups (broad SMARTS) is 2. The van der Waals surface area contributed by atoms with Gasteiger partial charge in [-0.25, -0.2) is 9.78 Å². The van der Waals surface area contributed by atoms with E-state index < -0.39 is 60.2 Å². The molecular weight excluding hydrogens is 588 g/mol. The van der Waals surface area contributed by atoms with Gasteiger partial charge in [0.15, 0.2) is 5.96 Å². The number of nitrogens with zero attached hydrogens (tertiary/aromatic N) is 2. The Morgan fingerprint density at radius 2 is 1.58 bits per heavy atom. The summed E-state index contributed by atoms with van der Waals surface area (Å²) in [5, 5.41) is 27.4. The van der Waals surface area contributed by atoms with Gasteiger partial charge in [0.05, 0.1) is 12.4 Å². The first-order valence-corrected chi connectivity index (χ1v) is 14.1. The number of carbonyl (C=O) groups is 5. The number of hydrogen-bond donors (Lipinski definition) is 10. The second-order valence-electron chi connectivity index (χ2n) is 10.4. The molecule has 0 saturated carbocycles. The lowest BCUT2D eigenvalue weighted by atomic mass is 10.0. The molecule has 4 atom stereocenters. The Balaban J connectivity index is 1.74. The number of benzene rings is 1. The van der Waals surface area contributed by atoms with Crippen molar-refractivity contribution < 1.29 is 34.2 Å². The first-order valence-electron chi connectivity index (χ1n) is 14.1. The molecule has 0 aliphatic rings. The molecule has 0 bridgehead atoms. The number of aromatic nitrogens is 3. The third kappa shape index (κ3) is 10.6. The zero-order chi connectivity index (χ0) is 32.9. The van der Waals surface area contributed by atoms with E-state index in [0.717, 1.165) is 10.9 Å². The van der Waals surface area contributed by atoms with E-state index >= 15 is 0 Å². The Bertz CT molecular complexity index is 1500. The largest absolute Gasteiger partial charge is 0.481 e. The van der Waals surface area contributed by atoms with Crippen molar-refractivity contribution in [2.24, 2.45) is 22.2 Å². The lowest BCUT2D eigenvalue weighted by Crippen LogP contribution is -2.57. The van der Waals surface area contributed by atoms with Crippen LogP contribution in [-0.2, 0) is 36.8 Å². The number of fused-ring (bicyclic) bond motifs is 1. The average Bonchev–Trinajstić information content (AvgIpc) is 3.66. The number of nitrogens with one attached hydrogen (secondary N) is 5. The highest BCUT2D eigenvalue weighted by molar-refractivity contribution is 5.94. The molecule has 2 aromatic heterocycles. The number of carboxylic acids is 2. The van der Waals surface area contributed by atoms with Gasteiger partial charge >= 0.3 is 11.9 Å². The zero-order valence-electron chi connectivity index (χ0n) is 24.4. The van der Waals surface area contributed by atoms with Gasteiger partial charge in [-0.15, -0.1) is 0 Å². The average molecular weight is 627 g/mol. The predicted molar refractivity (Wildman–Crippen MR) is 162 cm³/mol. The normalized spacial score (nSPS) is 13.6. The smallest absolute Gasteiger partial charge is 0.326 e. The van der Waals surface area contributed by atoms with Gasteiger partial charge in [-0.05, 0) is 30.9 Å². The van der Waals surface area contributed by atoms with Crippen LogP contribution < -0.4 is 33.2 Å². The second-order valence-corrected chi connectivity index (χ2v) is 10.4. The van der Waals surface area contributed by atoms with Crippen molar-refractivity contribution in [3.05, 3.63) is 54.2 Å². The van der Waals surface area contributed by atoms with Crippen LogP contribution in [0.3, 0.4) is 0 Å². The molecule has 3 amide bonds. The number of H-pyrrole nitrogens is 2. The fourth-order valence-electron chi connectivity index (χ4n) is 4.56. The summed E-state index contributed by atoms with van der Waals surface area (Å²) in [6.07, 6.45) is 4.07. The molecule has 0 saturated heterocycles. The van der Waals surface area contributed by atoms with Crippen molar-refractivity contribution in [2.75, 3.05) is 6.54 Å². The van der Waals surface area contributed by atoms with Crippen LogP contribution in [0.5, 0.6) is 0 Å². The highest BCUT2D eigenvalue weighted by Gasteiger charge is 2.31. The second kappa shape index (κ2) is 16.4. The van der Waals surface area contributed by atoms with E-state index in [9.17, 15) is 34.2 Å². The molecule has 242 valence electrons. The number of hydrogen-bond acceptors (Lipinski definition) is 8. The highest BCUT2D eigenvalue weighted by atomic mass is 16.4. The van der Waals surface area contributed by atoms with Gasteiger partial charge in [-0.1, -0.05) is 18.2 Å². The third-order valence-corrected chi connectivity index (χ3v) is 6.91. The highest BCUT2D eigenvalue weighted by Crippen LogP contribution is 2.19. The summed E-state index contributed by atoms with van der Waals surface area (Å²) in [5.74, 6) is -5.03. The summed E-state index contributed by atoms with van der Waals surface area (Å²) >= 11 is 0. The number of imidazole rings is 1. The molecule has 1 aromatic carbocycles. The van der Waals surface area contributed by atoms with Crippen LogP contribution in [-0.4, -0.2) is 91.5 Å². The van der Waals surface area contributed by atoms with Crippen molar-refractivity contribution in [1.82, 2.24) is 30.9 Å². The zero-order valence-corrected chi connectivity index (χ0v) is 24.4. The molecule has 0 aliphatic carbocycles. The summed E-state index contributed by atoms with van der Waals surface area (Å²) in [7, 11) is 0. The molecular formula is C28H38N10O7. The number of amides is 3. The molecule has 4 unspecified atom stereocenters. The summed E-state index contributed by atoms with van der Waals surface area (Å²) in [6.45, 7) is 0.249. The van der Waals surface area contributed by atoms with Crippen LogP contribution in [0.15, 0.2) is 48.0 Å². The van der Waals surface area contributed by atoms with Crippen LogP contribution in [0.1, 0.15) is 36.9 Å². The van der Waals surface area contributed by atoms with Crippen LogP contribution in [0.4, 0.5) is 0 Å². The van der Waals surface area contributed by atoms with Gasteiger partial charge in [0.25, 0.3) is 0 Å². The Morgan fingerprint density at radius 1 is 0.889 bits per heavy atom. The van der Waals surface area contributed by atoms with Crippen molar-refractivity contribution in [3.8, 4) is 0 Å². The van der Waals surface area contributed by atoms with Gasteiger partial charge in [-0.2, -0.15) is 0 Å².